The van der Waals surface area contributed by atoms with Gasteiger partial charge in [-0.25, -0.2) is 9.97 Å². The number of hydrogen-bond donors (Lipinski definition) is 0. The number of pyridine rings is 1. The molecule has 0 saturated carbocycles. The van der Waals surface area contributed by atoms with E-state index < -0.39 is 0 Å². The second-order valence-electron chi connectivity index (χ2n) is 12.1. The van der Waals surface area contributed by atoms with E-state index in [0.717, 1.165) is 77.8 Å². The first-order valence-corrected chi connectivity index (χ1v) is 16.3. The predicted molar refractivity (Wildman–Crippen MR) is 200 cm³/mol. The zero-order valence-corrected chi connectivity index (χ0v) is 26.5. The van der Waals surface area contributed by atoms with Crippen LogP contribution in [0.5, 0.6) is 0 Å². The fraction of sp³-hybridized carbons (Fsp3) is 0. The topological polar surface area (TPSA) is 51.8 Å². The van der Waals surface area contributed by atoms with Crippen LogP contribution in [0, 0.1) is 0 Å². The van der Waals surface area contributed by atoms with Crippen LogP contribution in [0.1, 0.15) is 0 Å². The minimum atomic E-state index is 0.661. The van der Waals surface area contributed by atoms with Crippen LogP contribution in [0.25, 0.3) is 89.2 Å². The summed E-state index contributed by atoms with van der Waals surface area (Å²) in [5, 5.41) is 2.20. The maximum absolute atomic E-state index is 6.53. The smallest absolute Gasteiger partial charge is 0.160 e. The molecular formula is C45H29N3O. The molecular weight excluding hydrogens is 599 g/mol. The molecule has 3 aromatic heterocycles. The standard InChI is InChI=1S/C45H29N3O/c1-3-12-30(13-4-1)32-16-9-17-33(24-32)35-25-36(38-20-10-21-40-39-19-7-8-22-43(39)49-44(38)40)27-37(26-35)42-28-41(34-18-11-23-46-29-34)47-45(48-42)31-14-5-2-6-15-31/h1-29H. The largest absolute Gasteiger partial charge is 0.455 e. The van der Waals surface area contributed by atoms with Crippen LogP contribution in [0.4, 0.5) is 0 Å². The number of hydrogen-bond acceptors (Lipinski definition) is 4. The highest BCUT2D eigenvalue weighted by molar-refractivity contribution is 6.09. The van der Waals surface area contributed by atoms with E-state index in [0.29, 0.717) is 5.82 Å². The molecule has 3 heterocycles. The van der Waals surface area contributed by atoms with Crippen LogP contribution < -0.4 is 0 Å². The number of para-hydroxylation sites is 2. The number of rotatable bonds is 6. The molecule has 0 amide bonds. The lowest BCUT2D eigenvalue weighted by Gasteiger charge is -2.14. The molecule has 0 spiro atoms. The Bertz CT molecular complexity index is 2540. The monoisotopic (exact) mass is 627 g/mol. The summed E-state index contributed by atoms with van der Waals surface area (Å²) in [7, 11) is 0. The summed E-state index contributed by atoms with van der Waals surface area (Å²) in [6, 6.07) is 56.7. The minimum Gasteiger partial charge on any atom is -0.455 e. The van der Waals surface area contributed by atoms with Gasteiger partial charge in [0.15, 0.2) is 5.82 Å². The third-order valence-electron chi connectivity index (χ3n) is 8.96. The molecule has 0 unspecified atom stereocenters. The maximum atomic E-state index is 6.53. The van der Waals surface area contributed by atoms with Crippen LogP contribution in [-0.2, 0) is 0 Å². The Labute approximate surface area is 284 Å². The van der Waals surface area contributed by atoms with Gasteiger partial charge in [-0.05, 0) is 76.3 Å². The van der Waals surface area contributed by atoms with Crippen molar-refractivity contribution in [2.75, 3.05) is 0 Å². The molecule has 0 aliphatic carbocycles. The molecule has 0 N–H and O–H groups in total. The average molecular weight is 628 g/mol. The van der Waals surface area contributed by atoms with Gasteiger partial charge >= 0.3 is 0 Å². The molecule has 0 aliphatic heterocycles. The van der Waals surface area contributed by atoms with Crippen LogP contribution in [0.2, 0.25) is 0 Å². The molecule has 0 saturated heterocycles. The molecule has 0 atom stereocenters. The van der Waals surface area contributed by atoms with E-state index in [-0.39, 0.29) is 0 Å². The van der Waals surface area contributed by atoms with Gasteiger partial charge in [-0.15, -0.1) is 0 Å². The normalized spacial score (nSPS) is 11.3. The Kier molecular flexibility index (Phi) is 7.10. The minimum absolute atomic E-state index is 0.661. The van der Waals surface area contributed by atoms with Gasteiger partial charge in [-0.2, -0.15) is 0 Å². The highest BCUT2D eigenvalue weighted by Crippen LogP contribution is 2.40. The van der Waals surface area contributed by atoms with Crippen molar-refractivity contribution in [3.05, 3.63) is 176 Å². The van der Waals surface area contributed by atoms with E-state index >= 15 is 0 Å². The Balaban J connectivity index is 1.29. The third kappa shape index (κ3) is 5.45. The Hall–Kier alpha value is -6.65. The molecule has 230 valence electrons. The van der Waals surface area contributed by atoms with Crippen molar-refractivity contribution in [2.45, 2.75) is 0 Å². The van der Waals surface area contributed by atoms with Gasteiger partial charge in [-0.3, -0.25) is 4.98 Å². The summed E-state index contributed by atoms with van der Waals surface area (Å²) >= 11 is 0. The molecule has 9 aromatic rings. The summed E-state index contributed by atoms with van der Waals surface area (Å²) in [6.07, 6.45) is 3.63. The van der Waals surface area contributed by atoms with Crippen molar-refractivity contribution in [3.8, 4) is 67.3 Å². The number of benzene rings is 6. The maximum Gasteiger partial charge on any atom is 0.160 e. The van der Waals surface area contributed by atoms with Crippen LogP contribution >= 0.6 is 0 Å². The van der Waals surface area contributed by atoms with Crippen molar-refractivity contribution < 1.29 is 4.42 Å². The van der Waals surface area contributed by atoms with Gasteiger partial charge < -0.3 is 4.42 Å². The molecule has 4 nitrogen and oxygen atoms in total. The number of nitrogens with zero attached hydrogens (tertiary/aromatic N) is 3. The zero-order valence-electron chi connectivity index (χ0n) is 26.5. The highest BCUT2D eigenvalue weighted by Gasteiger charge is 2.17. The summed E-state index contributed by atoms with van der Waals surface area (Å²) in [4.78, 5) is 14.6. The van der Waals surface area contributed by atoms with Crippen molar-refractivity contribution in [1.29, 1.82) is 0 Å². The lowest BCUT2D eigenvalue weighted by molar-refractivity contribution is 0.670. The lowest BCUT2D eigenvalue weighted by Crippen LogP contribution is -1.97. The molecule has 0 bridgehead atoms. The molecule has 0 aliphatic rings. The van der Waals surface area contributed by atoms with E-state index in [9.17, 15) is 0 Å². The molecule has 6 aromatic carbocycles. The Morgan fingerprint density at radius 3 is 1.78 bits per heavy atom. The predicted octanol–water partition coefficient (Wildman–Crippen LogP) is 11.8. The molecule has 9 rings (SSSR count). The van der Waals surface area contributed by atoms with Gasteiger partial charge in [-0.1, -0.05) is 115 Å². The molecule has 49 heavy (non-hydrogen) atoms. The van der Waals surface area contributed by atoms with Crippen LogP contribution in [0.15, 0.2) is 181 Å². The van der Waals surface area contributed by atoms with Crippen molar-refractivity contribution in [1.82, 2.24) is 15.0 Å². The van der Waals surface area contributed by atoms with Crippen molar-refractivity contribution >= 4 is 21.9 Å². The lowest BCUT2D eigenvalue weighted by atomic mass is 9.92. The molecule has 0 fully saturated rings. The SMILES string of the molecule is c1ccc(-c2cccc(-c3cc(-c4cc(-c5cccnc5)nc(-c5ccccc5)n4)cc(-c4cccc5c4oc4ccccc45)c3)c2)cc1. The molecule has 0 radical (unpaired) electrons. The van der Waals surface area contributed by atoms with E-state index in [4.69, 9.17) is 14.4 Å². The summed E-state index contributed by atoms with van der Waals surface area (Å²) in [5.41, 5.74) is 12.9. The van der Waals surface area contributed by atoms with Crippen molar-refractivity contribution in [3.63, 3.8) is 0 Å². The zero-order chi connectivity index (χ0) is 32.6. The number of furan rings is 1. The van der Waals surface area contributed by atoms with Crippen LogP contribution in [0.3, 0.4) is 0 Å². The van der Waals surface area contributed by atoms with E-state index in [2.05, 4.69) is 108 Å². The summed E-state index contributed by atoms with van der Waals surface area (Å²) in [5.74, 6) is 0.661. The fourth-order valence-corrected chi connectivity index (χ4v) is 6.55. The van der Waals surface area contributed by atoms with Gasteiger partial charge in [0.2, 0.25) is 0 Å². The highest BCUT2D eigenvalue weighted by atomic mass is 16.3. The van der Waals surface area contributed by atoms with E-state index in [1.54, 1.807) is 6.20 Å². The fourth-order valence-electron chi connectivity index (χ4n) is 6.55. The molecule has 4 heteroatoms. The average Bonchev–Trinajstić information content (AvgIpc) is 3.58. The Morgan fingerprint density at radius 1 is 0.388 bits per heavy atom. The van der Waals surface area contributed by atoms with Gasteiger partial charge in [0.05, 0.1) is 11.4 Å². The van der Waals surface area contributed by atoms with Gasteiger partial charge in [0, 0.05) is 45.4 Å². The third-order valence-corrected chi connectivity index (χ3v) is 8.96. The first-order valence-electron chi connectivity index (χ1n) is 16.3. The second-order valence-corrected chi connectivity index (χ2v) is 12.1. The number of fused-ring (bicyclic) bond motifs is 3. The van der Waals surface area contributed by atoms with Gasteiger partial charge in [0.25, 0.3) is 0 Å². The van der Waals surface area contributed by atoms with Gasteiger partial charge in [0.1, 0.15) is 11.2 Å². The van der Waals surface area contributed by atoms with E-state index in [1.165, 1.54) is 5.56 Å². The first kappa shape index (κ1) is 28.6. The van der Waals surface area contributed by atoms with Crippen molar-refractivity contribution in [2.24, 2.45) is 0 Å². The summed E-state index contributed by atoms with van der Waals surface area (Å²) < 4.78 is 6.53. The van der Waals surface area contributed by atoms with Crippen LogP contribution in [-0.4, -0.2) is 15.0 Å². The quantitative estimate of drug-likeness (QED) is 0.184. The summed E-state index contributed by atoms with van der Waals surface area (Å²) in [6.45, 7) is 0. The first-order chi connectivity index (χ1) is 24.3. The Morgan fingerprint density at radius 2 is 0.980 bits per heavy atom. The van der Waals surface area contributed by atoms with E-state index in [1.807, 2.05) is 66.9 Å². The number of aromatic nitrogens is 3. The second kappa shape index (κ2) is 12.2.